The van der Waals surface area contributed by atoms with Gasteiger partial charge >= 0.3 is 0 Å². The average Bonchev–Trinajstić information content (AvgIpc) is 2.51. The van der Waals surface area contributed by atoms with Crippen LogP contribution < -0.4 is 5.32 Å². The van der Waals surface area contributed by atoms with E-state index in [4.69, 9.17) is 0 Å². The monoisotopic (exact) mass is 254 g/mol. The molecule has 2 heteroatoms. The van der Waals surface area contributed by atoms with Gasteiger partial charge in [-0.2, -0.15) is 0 Å². The summed E-state index contributed by atoms with van der Waals surface area (Å²) in [7, 11) is 0. The van der Waals surface area contributed by atoms with Gasteiger partial charge in [-0.05, 0) is 51.6 Å². The average molecular weight is 254 g/mol. The molecule has 1 fully saturated rings. The van der Waals surface area contributed by atoms with Gasteiger partial charge in [0.1, 0.15) is 0 Å². The Morgan fingerprint density at radius 3 is 2.67 bits per heavy atom. The first-order valence-corrected chi connectivity index (χ1v) is 7.95. The molecule has 0 amide bonds. The summed E-state index contributed by atoms with van der Waals surface area (Å²) in [6.45, 7) is 15.5. The Bertz CT molecular complexity index is 225. The van der Waals surface area contributed by atoms with E-state index in [2.05, 4.69) is 44.8 Å². The van der Waals surface area contributed by atoms with Crippen LogP contribution in [0.25, 0.3) is 0 Å². The van der Waals surface area contributed by atoms with Crippen molar-refractivity contribution in [1.82, 2.24) is 10.2 Å². The van der Waals surface area contributed by atoms with E-state index in [0.29, 0.717) is 11.5 Å². The zero-order valence-corrected chi connectivity index (χ0v) is 13.3. The summed E-state index contributed by atoms with van der Waals surface area (Å²) in [6.07, 6.45) is 6.83. The second kappa shape index (κ2) is 7.49. The topological polar surface area (TPSA) is 15.3 Å². The fourth-order valence-electron chi connectivity index (χ4n) is 2.87. The molecular weight excluding hydrogens is 220 g/mol. The number of nitrogens with one attached hydrogen (secondary N) is 1. The fraction of sp³-hybridized carbons (Fsp3) is 1.00. The number of rotatable bonds is 6. The van der Waals surface area contributed by atoms with Crippen LogP contribution in [0.3, 0.4) is 0 Å². The third kappa shape index (κ3) is 4.89. The highest BCUT2D eigenvalue weighted by molar-refractivity contribution is 4.86. The Labute approximate surface area is 115 Å². The second-order valence-corrected chi connectivity index (χ2v) is 6.83. The van der Waals surface area contributed by atoms with Gasteiger partial charge in [-0.3, -0.25) is 0 Å². The van der Waals surface area contributed by atoms with Crippen LogP contribution in [0.2, 0.25) is 0 Å². The molecule has 0 bridgehead atoms. The van der Waals surface area contributed by atoms with Crippen LogP contribution in [0, 0.1) is 5.41 Å². The molecule has 1 heterocycles. The van der Waals surface area contributed by atoms with E-state index in [1.165, 1.54) is 45.2 Å². The minimum atomic E-state index is 0.355. The molecule has 0 aromatic heterocycles. The van der Waals surface area contributed by atoms with Gasteiger partial charge in [-0.25, -0.2) is 0 Å². The van der Waals surface area contributed by atoms with Crippen molar-refractivity contribution in [2.45, 2.75) is 78.8 Å². The van der Waals surface area contributed by atoms with Crippen LogP contribution in [0.5, 0.6) is 0 Å². The smallest absolute Gasteiger partial charge is 0.0102 e. The lowest BCUT2D eigenvalue weighted by Gasteiger charge is -2.39. The van der Waals surface area contributed by atoms with Gasteiger partial charge in [0.15, 0.2) is 0 Å². The highest BCUT2D eigenvalue weighted by atomic mass is 15.2. The maximum absolute atomic E-state index is 3.67. The van der Waals surface area contributed by atoms with E-state index in [1.54, 1.807) is 0 Å². The molecule has 0 saturated carbocycles. The first kappa shape index (κ1) is 16.0. The van der Waals surface area contributed by atoms with Gasteiger partial charge in [0.25, 0.3) is 0 Å². The van der Waals surface area contributed by atoms with Crippen LogP contribution in [0.1, 0.15) is 66.7 Å². The number of hydrogen-bond donors (Lipinski definition) is 1. The molecule has 1 aliphatic heterocycles. The van der Waals surface area contributed by atoms with Gasteiger partial charge in [-0.15, -0.1) is 0 Å². The summed E-state index contributed by atoms with van der Waals surface area (Å²) in [5, 5.41) is 3.67. The quantitative estimate of drug-likeness (QED) is 0.778. The van der Waals surface area contributed by atoms with Crippen LogP contribution in [-0.2, 0) is 0 Å². The van der Waals surface area contributed by atoms with Crippen molar-refractivity contribution in [3.8, 4) is 0 Å². The second-order valence-electron chi connectivity index (χ2n) is 6.83. The number of hydrogen-bond acceptors (Lipinski definition) is 2. The molecule has 2 unspecified atom stereocenters. The van der Waals surface area contributed by atoms with Crippen LogP contribution in [0.4, 0.5) is 0 Å². The van der Waals surface area contributed by atoms with E-state index in [0.717, 1.165) is 12.6 Å². The Balaban J connectivity index is 2.51. The lowest BCUT2D eigenvalue weighted by molar-refractivity contribution is 0.113. The molecule has 2 atom stereocenters. The van der Waals surface area contributed by atoms with Crippen molar-refractivity contribution in [2.75, 3.05) is 19.6 Å². The number of nitrogens with zero attached hydrogens (tertiary/aromatic N) is 1. The summed E-state index contributed by atoms with van der Waals surface area (Å²) in [5.41, 5.74) is 0.355. The lowest BCUT2D eigenvalue weighted by atomic mass is 9.84. The highest BCUT2D eigenvalue weighted by Gasteiger charge is 2.30. The van der Waals surface area contributed by atoms with Crippen molar-refractivity contribution in [2.24, 2.45) is 5.41 Å². The summed E-state index contributed by atoms with van der Waals surface area (Å²) < 4.78 is 0. The van der Waals surface area contributed by atoms with E-state index >= 15 is 0 Å². The SMILES string of the molecule is CCCNC(C)C(C)(C)CN1CCCCCC1C. The van der Waals surface area contributed by atoms with Crippen molar-refractivity contribution < 1.29 is 0 Å². The first-order chi connectivity index (χ1) is 8.47. The first-order valence-electron chi connectivity index (χ1n) is 7.95. The maximum atomic E-state index is 3.67. The molecule has 108 valence electrons. The molecule has 0 aliphatic carbocycles. The van der Waals surface area contributed by atoms with Gasteiger partial charge < -0.3 is 10.2 Å². The molecule has 0 spiro atoms. The standard InChI is InChI=1S/C16H34N2/c1-6-11-17-15(3)16(4,5)13-18-12-9-7-8-10-14(18)2/h14-15,17H,6-13H2,1-5H3. The summed E-state index contributed by atoms with van der Waals surface area (Å²) in [6, 6.07) is 1.36. The normalized spacial score (nSPS) is 24.8. The van der Waals surface area contributed by atoms with E-state index < -0.39 is 0 Å². The van der Waals surface area contributed by atoms with E-state index in [9.17, 15) is 0 Å². The van der Waals surface area contributed by atoms with Crippen molar-refractivity contribution in [3.05, 3.63) is 0 Å². The molecule has 0 aromatic carbocycles. The van der Waals surface area contributed by atoms with E-state index in [-0.39, 0.29) is 0 Å². The van der Waals surface area contributed by atoms with Gasteiger partial charge in [0, 0.05) is 18.6 Å². The Morgan fingerprint density at radius 1 is 1.28 bits per heavy atom. The molecule has 1 rings (SSSR count). The van der Waals surface area contributed by atoms with Gasteiger partial charge in [-0.1, -0.05) is 33.6 Å². The summed E-state index contributed by atoms with van der Waals surface area (Å²) >= 11 is 0. The minimum Gasteiger partial charge on any atom is -0.314 e. The molecular formula is C16H34N2. The Kier molecular flexibility index (Phi) is 6.65. The molecule has 1 aliphatic rings. The Hall–Kier alpha value is -0.0800. The van der Waals surface area contributed by atoms with Crippen molar-refractivity contribution in [3.63, 3.8) is 0 Å². The molecule has 1 N–H and O–H groups in total. The third-order valence-electron chi connectivity index (χ3n) is 4.67. The van der Waals surface area contributed by atoms with E-state index in [1.807, 2.05) is 0 Å². The van der Waals surface area contributed by atoms with Crippen LogP contribution in [0.15, 0.2) is 0 Å². The zero-order valence-electron chi connectivity index (χ0n) is 13.3. The molecule has 0 radical (unpaired) electrons. The Morgan fingerprint density at radius 2 is 2.00 bits per heavy atom. The predicted octanol–water partition coefficient (Wildman–Crippen LogP) is 3.67. The summed E-state index contributed by atoms with van der Waals surface area (Å²) in [5.74, 6) is 0. The van der Waals surface area contributed by atoms with Crippen LogP contribution >= 0.6 is 0 Å². The molecule has 18 heavy (non-hydrogen) atoms. The number of likely N-dealkylation sites (tertiary alicyclic amines) is 1. The molecule has 2 nitrogen and oxygen atoms in total. The van der Waals surface area contributed by atoms with Crippen molar-refractivity contribution >= 4 is 0 Å². The zero-order chi connectivity index (χ0) is 13.6. The van der Waals surface area contributed by atoms with Gasteiger partial charge in [0.2, 0.25) is 0 Å². The minimum absolute atomic E-state index is 0.355. The maximum Gasteiger partial charge on any atom is 0.0102 e. The molecule has 0 aromatic rings. The van der Waals surface area contributed by atoms with Crippen LogP contribution in [-0.4, -0.2) is 36.6 Å². The largest absolute Gasteiger partial charge is 0.314 e. The third-order valence-corrected chi connectivity index (χ3v) is 4.67. The van der Waals surface area contributed by atoms with Crippen molar-refractivity contribution in [1.29, 1.82) is 0 Å². The fourth-order valence-corrected chi connectivity index (χ4v) is 2.87. The van der Waals surface area contributed by atoms with Gasteiger partial charge in [0.05, 0.1) is 0 Å². The molecule has 1 saturated heterocycles. The lowest BCUT2D eigenvalue weighted by Crippen LogP contribution is -2.49. The predicted molar refractivity (Wildman–Crippen MR) is 81.0 cm³/mol. The summed E-state index contributed by atoms with van der Waals surface area (Å²) in [4.78, 5) is 2.72. The highest BCUT2D eigenvalue weighted by Crippen LogP contribution is 2.26.